The van der Waals surface area contributed by atoms with Gasteiger partial charge in [-0.05, 0) is 36.0 Å². The van der Waals surface area contributed by atoms with Crippen LogP contribution >= 0.6 is 0 Å². The average molecular weight is 178 g/mol. The Morgan fingerprint density at radius 1 is 1.08 bits per heavy atom. The van der Waals surface area contributed by atoms with E-state index < -0.39 is 0 Å². The lowest BCUT2D eigenvalue weighted by Crippen LogP contribution is -2.22. The van der Waals surface area contributed by atoms with Crippen molar-refractivity contribution in [2.45, 2.75) is 33.6 Å². The molecule has 3 atom stereocenters. The van der Waals surface area contributed by atoms with Crippen LogP contribution in [0, 0.1) is 23.2 Å². The third kappa shape index (κ3) is 2.24. The van der Waals surface area contributed by atoms with Gasteiger partial charge in [0, 0.05) is 0 Å². The summed E-state index contributed by atoms with van der Waals surface area (Å²) in [7, 11) is 0. The molecular formula is C13H22. The lowest BCUT2D eigenvalue weighted by atomic mass is 9.75. The summed E-state index contributed by atoms with van der Waals surface area (Å²) in [6.07, 6.45) is 6.81. The van der Waals surface area contributed by atoms with Crippen LogP contribution in [0.25, 0.3) is 0 Å². The van der Waals surface area contributed by atoms with Crippen molar-refractivity contribution >= 4 is 0 Å². The molecule has 0 spiro atoms. The molecule has 0 radical (unpaired) electrons. The second-order valence-corrected chi connectivity index (χ2v) is 5.34. The van der Waals surface area contributed by atoms with E-state index in [9.17, 15) is 0 Å². The molecule has 1 aliphatic rings. The second kappa shape index (κ2) is 3.69. The van der Waals surface area contributed by atoms with E-state index in [1.807, 2.05) is 0 Å². The van der Waals surface area contributed by atoms with Gasteiger partial charge in [0.25, 0.3) is 0 Å². The molecule has 1 saturated carbocycles. The Hall–Kier alpha value is -0.520. The first-order chi connectivity index (χ1) is 5.99. The van der Waals surface area contributed by atoms with Gasteiger partial charge < -0.3 is 0 Å². The molecule has 3 unspecified atom stereocenters. The van der Waals surface area contributed by atoms with E-state index in [1.54, 1.807) is 0 Å². The normalized spacial score (nSPS) is 34.5. The van der Waals surface area contributed by atoms with Crippen molar-refractivity contribution in [3.63, 3.8) is 0 Å². The molecule has 0 saturated heterocycles. The Morgan fingerprint density at radius 2 is 1.69 bits per heavy atom. The van der Waals surface area contributed by atoms with Gasteiger partial charge in [0.15, 0.2) is 0 Å². The minimum Gasteiger partial charge on any atom is -0.103 e. The average Bonchev–Trinajstić information content (AvgIpc) is 2.46. The minimum absolute atomic E-state index is 0.413. The maximum atomic E-state index is 3.94. The number of rotatable bonds is 2. The highest BCUT2D eigenvalue weighted by Crippen LogP contribution is 2.46. The van der Waals surface area contributed by atoms with E-state index in [0.29, 0.717) is 17.3 Å². The van der Waals surface area contributed by atoms with E-state index in [-0.39, 0.29) is 0 Å². The molecule has 0 bridgehead atoms. The fraction of sp³-hybridized carbons (Fsp3) is 0.692. The zero-order valence-electron chi connectivity index (χ0n) is 9.22. The topological polar surface area (TPSA) is 0 Å². The summed E-state index contributed by atoms with van der Waals surface area (Å²) < 4.78 is 0. The van der Waals surface area contributed by atoms with Crippen molar-refractivity contribution in [3.8, 4) is 0 Å². The third-order valence-corrected chi connectivity index (χ3v) is 3.40. The molecule has 0 aliphatic heterocycles. The first-order valence-corrected chi connectivity index (χ1v) is 5.24. The van der Waals surface area contributed by atoms with Crippen molar-refractivity contribution in [1.29, 1.82) is 0 Å². The Balaban J connectivity index is 2.74. The molecule has 1 rings (SSSR count). The summed E-state index contributed by atoms with van der Waals surface area (Å²) in [6, 6.07) is 0. The van der Waals surface area contributed by atoms with E-state index in [4.69, 9.17) is 0 Å². The number of hydrogen-bond donors (Lipinski definition) is 0. The molecule has 0 heterocycles. The Labute approximate surface area is 82.7 Å². The van der Waals surface area contributed by atoms with Crippen LogP contribution in [-0.2, 0) is 0 Å². The predicted octanol–water partition coefficient (Wildman–Crippen LogP) is 4.05. The van der Waals surface area contributed by atoms with Crippen LogP contribution in [0.15, 0.2) is 25.3 Å². The molecule has 0 N–H and O–H groups in total. The van der Waals surface area contributed by atoms with Crippen LogP contribution < -0.4 is 0 Å². The largest absolute Gasteiger partial charge is 0.103 e. The van der Waals surface area contributed by atoms with Crippen LogP contribution in [0.1, 0.15) is 33.6 Å². The molecule has 1 fully saturated rings. The highest BCUT2D eigenvalue weighted by molar-refractivity contribution is 5.01. The van der Waals surface area contributed by atoms with Gasteiger partial charge >= 0.3 is 0 Å². The summed E-state index contributed by atoms with van der Waals surface area (Å²) in [5, 5.41) is 0. The standard InChI is InChI=1S/C13H22/c1-6-10-8-11(7-2)12(9-10)13(3,4)5/h6-7,10-12H,1-2,8-9H2,3-5H3. The van der Waals surface area contributed by atoms with Crippen molar-refractivity contribution < 1.29 is 0 Å². The summed E-state index contributed by atoms with van der Waals surface area (Å²) in [4.78, 5) is 0. The summed E-state index contributed by atoms with van der Waals surface area (Å²) in [6.45, 7) is 14.8. The zero-order valence-corrected chi connectivity index (χ0v) is 9.22. The molecule has 0 aromatic heterocycles. The smallest absolute Gasteiger partial charge is 0.0197 e. The summed E-state index contributed by atoms with van der Waals surface area (Å²) in [5.41, 5.74) is 0.413. The Kier molecular flexibility index (Phi) is 3.00. The fourth-order valence-corrected chi connectivity index (χ4v) is 2.56. The van der Waals surface area contributed by atoms with E-state index in [0.717, 1.165) is 5.92 Å². The summed E-state index contributed by atoms with van der Waals surface area (Å²) >= 11 is 0. The third-order valence-electron chi connectivity index (χ3n) is 3.40. The van der Waals surface area contributed by atoms with Gasteiger partial charge in [-0.25, -0.2) is 0 Å². The van der Waals surface area contributed by atoms with Gasteiger partial charge in [-0.3, -0.25) is 0 Å². The first kappa shape index (κ1) is 10.6. The molecule has 0 heteroatoms. The van der Waals surface area contributed by atoms with Gasteiger partial charge in [0.2, 0.25) is 0 Å². The van der Waals surface area contributed by atoms with Gasteiger partial charge in [-0.15, -0.1) is 13.2 Å². The maximum Gasteiger partial charge on any atom is -0.0197 e. The molecular weight excluding hydrogens is 156 g/mol. The highest BCUT2D eigenvalue weighted by Gasteiger charge is 2.37. The van der Waals surface area contributed by atoms with Crippen molar-refractivity contribution in [1.82, 2.24) is 0 Å². The molecule has 0 aromatic carbocycles. The number of allylic oxidation sites excluding steroid dienone is 2. The molecule has 0 aromatic rings. The number of hydrogen-bond acceptors (Lipinski definition) is 0. The highest BCUT2D eigenvalue weighted by atomic mass is 14.4. The molecule has 0 amide bonds. The molecule has 13 heavy (non-hydrogen) atoms. The van der Waals surface area contributed by atoms with Crippen molar-refractivity contribution in [2.75, 3.05) is 0 Å². The SMILES string of the molecule is C=CC1CC(C=C)C(C(C)(C)C)C1. The van der Waals surface area contributed by atoms with Crippen LogP contribution in [0.4, 0.5) is 0 Å². The van der Waals surface area contributed by atoms with Crippen LogP contribution in [0.3, 0.4) is 0 Å². The quantitative estimate of drug-likeness (QED) is 0.560. The molecule has 1 aliphatic carbocycles. The second-order valence-electron chi connectivity index (χ2n) is 5.34. The van der Waals surface area contributed by atoms with Gasteiger partial charge in [0.05, 0.1) is 0 Å². The van der Waals surface area contributed by atoms with Gasteiger partial charge in [-0.1, -0.05) is 32.9 Å². The lowest BCUT2D eigenvalue weighted by molar-refractivity contribution is 0.209. The minimum atomic E-state index is 0.413. The predicted molar refractivity (Wildman–Crippen MR) is 59.6 cm³/mol. The van der Waals surface area contributed by atoms with Crippen LogP contribution in [0.2, 0.25) is 0 Å². The zero-order chi connectivity index (χ0) is 10.1. The monoisotopic (exact) mass is 178 g/mol. The van der Waals surface area contributed by atoms with Gasteiger partial charge in [-0.2, -0.15) is 0 Å². The van der Waals surface area contributed by atoms with Crippen LogP contribution in [-0.4, -0.2) is 0 Å². The fourth-order valence-electron chi connectivity index (χ4n) is 2.56. The summed E-state index contributed by atoms with van der Waals surface area (Å²) in [5.74, 6) is 2.20. The maximum absolute atomic E-state index is 3.94. The van der Waals surface area contributed by atoms with Gasteiger partial charge in [0.1, 0.15) is 0 Å². The van der Waals surface area contributed by atoms with E-state index in [1.165, 1.54) is 12.8 Å². The molecule has 0 nitrogen and oxygen atoms in total. The molecule has 74 valence electrons. The van der Waals surface area contributed by atoms with E-state index in [2.05, 4.69) is 46.1 Å². The lowest BCUT2D eigenvalue weighted by Gasteiger charge is -2.30. The Bertz CT molecular complexity index is 195. The van der Waals surface area contributed by atoms with Crippen LogP contribution in [0.5, 0.6) is 0 Å². The first-order valence-electron chi connectivity index (χ1n) is 5.24. The van der Waals surface area contributed by atoms with Crippen molar-refractivity contribution in [2.24, 2.45) is 23.2 Å². The Morgan fingerprint density at radius 3 is 2.00 bits per heavy atom. The van der Waals surface area contributed by atoms with Crippen molar-refractivity contribution in [3.05, 3.63) is 25.3 Å². The van der Waals surface area contributed by atoms with E-state index >= 15 is 0 Å².